The molecule has 1 aliphatic heterocycles. The summed E-state index contributed by atoms with van der Waals surface area (Å²) in [5.41, 5.74) is 5.81. The number of amides is 1. The summed E-state index contributed by atoms with van der Waals surface area (Å²) in [5.74, 6) is -0.000455. The van der Waals surface area contributed by atoms with Crippen LogP contribution >= 0.6 is 0 Å². The van der Waals surface area contributed by atoms with Crippen LogP contribution in [-0.2, 0) is 4.79 Å². The lowest BCUT2D eigenvalue weighted by Crippen LogP contribution is -2.53. The van der Waals surface area contributed by atoms with Crippen LogP contribution in [0.4, 0.5) is 0 Å². The molecule has 0 unspecified atom stereocenters. The maximum atomic E-state index is 12.1. The minimum absolute atomic E-state index is 0.000455. The third kappa shape index (κ3) is 5.49. The van der Waals surface area contributed by atoms with Gasteiger partial charge in [0.25, 0.3) is 0 Å². The van der Waals surface area contributed by atoms with Crippen molar-refractivity contribution in [3.05, 3.63) is 0 Å². The van der Waals surface area contributed by atoms with E-state index in [0.717, 1.165) is 25.9 Å². The van der Waals surface area contributed by atoms with E-state index in [1.54, 1.807) is 0 Å². The largest absolute Gasteiger partial charge is 0.352 e. The van der Waals surface area contributed by atoms with E-state index in [2.05, 4.69) is 17.1 Å². The number of nitrogens with one attached hydrogen (secondary N) is 1. The Bertz CT molecular complexity index is 278. The first kappa shape index (κ1) is 16.4. The van der Waals surface area contributed by atoms with Crippen LogP contribution in [-0.4, -0.2) is 42.5 Å². The molecule has 1 fully saturated rings. The molecule has 0 bridgehead atoms. The van der Waals surface area contributed by atoms with Gasteiger partial charge in [-0.3, -0.25) is 4.79 Å². The van der Waals surface area contributed by atoms with Gasteiger partial charge in [-0.1, -0.05) is 34.1 Å². The minimum Gasteiger partial charge on any atom is -0.352 e. The standard InChI is InChI=1S/C15H31N3O/c1-5-6-9-18-10-7-12(8-11-18)17-14(19)13(16)15(2,3)4/h12-13H,5-11,16H2,1-4H3,(H,17,19)/t13-/m0/s1. The highest BCUT2D eigenvalue weighted by atomic mass is 16.2. The smallest absolute Gasteiger partial charge is 0.237 e. The number of carbonyl (C=O) groups is 1. The normalized spacial score (nSPS) is 20.3. The van der Waals surface area contributed by atoms with Gasteiger partial charge in [0.15, 0.2) is 0 Å². The first-order valence-electron chi connectivity index (χ1n) is 7.63. The predicted octanol–water partition coefficient (Wildman–Crippen LogP) is 1.74. The Morgan fingerprint density at radius 2 is 1.95 bits per heavy atom. The van der Waals surface area contributed by atoms with E-state index in [-0.39, 0.29) is 11.3 Å². The van der Waals surface area contributed by atoms with Crippen molar-refractivity contribution in [3.8, 4) is 0 Å². The zero-order chi connectivity index (χ0) is 14.5. The molecule has 0 saturated carbocycles. The molecule has 0 aromatic rings. The number of piperidine rings is 1. The van der Waals surface area contributed by atoms with Gasteiger partial charge in [-0.15, -0.1) is 0 Å². The molecule has 3 N–H and O–H groups in total. The lowest BCUT2D eigenvalue weighted by atomic mass is 9.86. The second-order valence-corrected chi connectivity index (χ2v) is 6.82. The van der Waals surface area contributed by atoms with Crippen molar-refractivity contribution >= 4 is 5.91 Å². The van der Waals surface area contributed by atoms with Gasteiger partial charge in [-0.2, -0.15) is 0 Å². The van der Waals surface area contributed by atoms with Gasteiger partial charge in [0, 0.05) is 19.1 Å². The Morgan fingerprint density at radius 3 is 2.42 bits per heavy atom. The van der Waals surface area contributed by atoms with Crippen molar-refractivity contribution in [1.82, 2.24) is 10.2 Å². The first-order valence-corrected chi connectivity index (χ1v) is 7.63. The number of nitrogens with two attached hydrogens (primary N) is 1. The Morgan fingerprint density at radius 1 is 1.37 bits per heavy atom. The van der Waals surface area contributed by atoms with Crippen molar-refractivity contribution in [2.75, 3.05) is 19.6 Å². The molecule has 19 heavy (non-hydrogen) atoms. The van der Waals surface area contributed by atoms with Gasteiger partial charge < -0.3 is 16.0 Å². The molecule has 1 atom stereocenters. The SMILES string of the molecule is CCCCN1CCC(NC(=O)[C@H](N)C(C)(C)C)CC1. The number of hydrogen-bond acceptors (Lipinski definition) is 3. The van der Waals surface area contributed by atoms with Crippen molar-refractivity contribution in [3.63, 3.8) is 0 Å². The molecule has 1 amide bonds. The molecule has 0 aromatic carbocycles. The maximum Gasteiger partial charge on any atom is 0.237 e. The van der Waals surface area contributed by atoms with E-state index in [9.17, 15) is 4.79 Å². The molecule has 0 aliphatic carbocycles. The van der Waals surface area contributed by atoms with E-state index in [1.165, 1.54) is 19.4 Å². The summed E-state index contributed by atoms with van der Waals surface area (Å²) in [7, 11) is 0. The Balaban J connectivity index is 2.31. The summed E-state index contributed by atoms with van der Waals surface area (Å²) in [4.78, 5) is 14.6. The number of nitrogens with zero attached hydrogens (tertiary/aromatic N) is 1. The predicted molar refractivity (Wildman–Crippen MR) is 79.9 cm³/mol. The summed E-state index contributed by atoms with van der Waals surface area (Å²) in [6.45, 7) is 11.6. The molecule has 4 heteroatoms. The van der Waals surface area contributed by atoms with E-state index in [4.69, 9.17) is 5.73 Å². The third-order valence-corrected chi connectivity index (χ3v) is 3.98. The summed E-state index contributed by atoms with van der Waals surface area (Å²) in [6, 6.07) is -0.121. The molecule has 112 valence electrons. The lowest BCUT2D eigenvalue weighted by molar-refractivity contribution is -0.125. The Labute approximate surface area is 118 Å². The van der Waals surface area contributed by atoms with Crippen molar-refractivity contribution in [2.45, 2.75) is 65.5 Å². The van der Waals surface area contributed by atoms with E-state index in [1.807, 2.05) is 20.8 Å². The van der Waals surface area contributed by atoms with Gasteiger partial charge >= 0.3 is 0 Å². The number of rotatable bonds is 5. The van der Waals surface area contributed by atoms with Gasteiger partial charge in [0.2, 0.25) is 5.91 Å². The van der Waals surface area contributed by atoms with Crippen LogP contribution < -0.4 is 11.1 Å². The molecule has 1 aliphatic rings. The van der Waals surface area contributed by atoms with Crippen LogP contribution in [0.25, 0.3) is 0 Å². The Kier molecular flexibility index (Phi) is 6.27. The molecule has 1 rings (SSSR count). The fourth-order valence-electron chi connectivity index (χ4n) is 2.37. The highest BCUT2D eigenvalue weighted by Crippen LogP contribution is 2.18. The zero-order valence-electron chi connectivity index (χ0n) is 13.0. The molecule has 0 radical (unpaired) electrons. The summed E-state index contributed by atoms with van der Waals surface area (Å²) < 4.78 is 0. The number of likely N-dealkylation sites (tertiary alicyclic amines) is 1. The quantitative estimate of drug-likeness (QED) is 0.799. The second-order valence-electron chi connectivity index (χ2n) is 6.82. The summed E-state index contributed by atoms with van der Waals surface area (Å²) in [6.07, 6.45) is 4.61. The molecule has 1 saturated heterocycles. The second kappa shape index (κ2) is 7.25. The van der Waals surface area contributed by atoms with Crippen LogP contribution in [0, 0.1) is 5.41 Å². The highest BCUT2D eigenvalue weighted by molar-refractivity contribution is 5.82. The summed E-state index contributed by atoms with van der Waals surface area (Å²) >= 11 is 0. The van der Waals surface area contributed by atoms with Crippen LogP contribution in [0.2, 0.25) is 0 Å². The molecular formula is C15H31N3O. The fraction of sp³-hybridized carbons (Fsp3) is 0.933. The lowest BCUT2D eigenvalue weighted by Gasteiger charge is -2.34. The fourth-order valence-corrected chi connectivity index (χ4v) is 2.37. The third-order valence-electron chi connectivity index (χ3n) is 3.98. The van der Waals surface area contributed by atoms with Crippen LogP contribution in [0.15, 0.2) is 0 Å². The topological polar surface area (TPSA) is 58.4 Å². The van der Waals surface area contributed by atoms with Crippen molar-refractivity contribution in [2.24, 2.45) is 11.1 Å². The molecule has 1 heterocycles. The molecule has 4 nitrogen and oxygen atoms in total. The number of unbranched alkanes of at least 4 members (excludes halogenated alkanes) is 1. The first-order chi connectivity index (χ1) is 8.84. The number of hydrogen-bond donors (Lipinski definition) is 2. The minimum atomic E-state index is -0.425. The van der Waals surface area contributed by atoms with E-state index in [0.29, 0.717) is 6.04 Å². The zero-order valence-corrected chi connectivity index (χ0v) is 13.0. The molecule has 0 aromatic heterocycles. The maximum absolute atomic E-state index is 12.1. The van der Waals surface area contributed by atoms with Crippen LogP contribution in [0.1, 0.15) is 53.4 Å². The molecule has 0 spiro atoms. The van der Waals surface area contributed by atoms with Crippen LogP contribution in [0.3, 0.4) is 0 Å². The number of carbonyl (C=O) groups excluding carboxylic acids is 1. The summed E-state index contributed by atoms with van der Waals surface area (Å²) in [5, 5.41) is 3.11. The van der Waals surface area contributed by atoms with Crippen molar-refractivity contribution < 1.29 is 4.79 Å². The van der Waals surface area contributed by atoms with E-state index >= 15 is 0 Å². The van der Waals surface area contributed by atoms with Gasteiger partial charge in [0.05, 0.1) is 6.04 Å². The van der Waals surface area contributed by atoms with E-state index < -0.39 is 6.04 Å². The van der Waals surface area contributed by atoms with Gasteiger partial charge in [-0.05, 0) is 31.2 Å². The Hall–Kier alpha value is -0.610. The monoisotopic (exact) mass is 269 g/mol. The average molecular weight is 269 g/mol. The van der Waals surface area contributed by atoms with Gasteiger partial charge in [-0.25, -0.2) is 0 Å². The molecular weight excluding hydrogens is 238 g/mol. The highest BCUT2D eigenvalue weighted by Gasteiger charge is 2.29. The average Bonchev–Trinajstić information content (AvgIpc) is 2.36. The van der Waals surface area contributed by atoms with Gasteiger partial charge in [0.1, 0.15) is 0 Å². The van der Waals surface area contributed by atoms with Crippen molar-refractivity contribution in [1.29, 1.82) is 0 Å². The van der Waals surface area contributed by atoms with Crippen LogP contribution in [0.5, 0.6) is 0 Å².